The molecule has 0 amide bonds. The molecule has 0 bridgehead atoms. The monoisotopic (exact) mass is 254 g/mol. The molecule has 16 heavy (non-hydrogen) atoms. The first-order valence-electron chi connectivity index (χ1n) is 6.14. The number of nitrogens with one attached hydrogen (secondary N) is 1. The maximum Gasteiger partial charge on any atom is 0.106 e. The van der Waals surface area contributed by atoms with Crippen LogP contribution in [0.2, 0.25) is 0 Å². The average molecular weight is 254 g/mol. The van der Waals surface area contributed by atoms with E-state index in [-0.39, 0.29) is 0 Å². The Kier molecular flexibility index (Phi) is 3.22. The molecular weight excluding hydrogens is 236 g/mol. The van der Waals surface area contributed by atoms with E-state index in [0.29, 0.717) is 5.25 Å². The first kappa shape index (κ1) is 11.1. The largest absolute Gasteiger partial charge is 0.315 e. The molecule has 1 aliphatic heterocycles. The third kappa shape index (κ3) is 2.15. The van der Waals surface area contributed by atoms with Crippen molar-refractivity contribution >= 4 is 23.1 Å². The normalized spacial score (nSPS) is 25.2. The van der Waals surface area contributed by atoms with E-state index in [1.54, 1.807) is 0 Å². The Hall–Kier alpha value is -0.0600. The summed E-state index contributed by atoms with van der Waals surface area (Å²) in [6, 6.07) is 0. The standard InChI is InChI=1S/C12H18N2S2/c1-13-7-10-11(8-4-5-8)14-12(16-10)9-3-2-6-15-9/h8-9,13H,2-7H2,1H3. The lowest BCUT2D eigenvalue weighted by atomic mass is 10.2. The SMILES string of the molecule is CNCc1sc(C2CCCS2)nc1C1CC1. The molecule has 1 unspecified atom stereocenters. The Morgan fingerprint density at radius 3 is 2.88 bits per heavy atom. The van der Waals surface area contributed by atoms with E-state index in [0.717, 1.165) is 12.5 Å². The van der Waals surface area contributed by atoms with Crippen molar-refractivity contribution in [2.45, 2.75) is 43.4 Å². The summed E-state index contributed by atoms with van der Waals surface area (Å²) in [7, 11) is 2.03. The molecule has 1 aromatic heterocycles. The van der Waals surface area contributed by atoms with Gasteiger partial charge in [0.25, 0.3) is 0 Å². The molecule has 1 saturated heterocycles. The second kappa shape index (κ2) is 4.67. The summed E-state index contributed by atoms with van der Waals surface area (Å²) < 4.78 is 0. The molecule has 0 aromatic carbocycles. The Labute approximate surface area is 105 Å². The minimum atomic E-state index is 0.702. The number of thiazole rings is 1. The van der Waals surface area contributed by atoms with Crippen LogP contribution >= 0.6 is 23.1 Å². The summed E-state index contributed by atoms with van der Waals surface area (Å²) in [6.45, 7) is 1.00. The van der Waals surface area contributed by atoms with Crippen LogP contribution in [0.5, 0.6) is 0 Å². The lowest BCUT2D eigenvalue weighted by molar-refractivity contribution is 0.801. The third-order valence-corrected chi connectivity index (χ3v) is 5.97. The van der Waals surface area contributed by atoms with Gasteiger partial charge in [0, 0.05) is 17.3 Å². The minimum Gasteiger partial charge on any atom is -0.315 e. The molecule has 4 heteroatoms. The smallest absolute Gasteiger partial charge is 0.106 e. The molecule has 88 valence electrons. The zero-order chi connectivity index (χ0) is 11.0. The van der Waals surface area contributed by atoms with Gasteiger partial charge in [-0.3, -0.25) is 0 Å². The number of aromatic nitrogens is 1. The third-order valence-electron chi connectivity index (χ3n) is 3.25. The number of hydrogen-bond donors (Lipinski definition) is 1. The van der Waals surface area contributed by atoms with Crippen molar-refractivity contribution in [2.24, 2.45) is 0 Å². The summed E-state index contributed by atoms with van der Waals surface area (Å²) in [5.74, 6) is 2.12. The van der Waals surface area contributed by atoms with E-state index >= 15 is 0 Å². The van der Waals surface area contributed by atoms with Crippen LogP contribution < -0.4 is 5.32 Å². The van der Waals surface area contributed by atoms with Crippen molar-refractivity contribution in [2.75, 3.05) is 12.8 Å². The Balaban J connectivity index is 1.85. The van der Waals surface area contributed by atoms with Crippen molar-refractivity contribution in [3.63, 3.8) is 0 Å². The highest BCUT2D eigenvalue weighted by atomic mass is 32.2. The van der Waals surface area contributed by atoms with Crippen molar-refractivity contribution in [3.8, 4) is 0 Å². The van der Waals surface area contributed by atoms with Crippen LogP contribution in [-0.4, -0.2) is 17.8 Å². The van der Waals surface area contributed by atoms with Crippen LogP contribution in [0.25, 0.3) is 0 Å². The first-order valence-corrected chi connectivity index (χ1v) is 8.00. The molecule has 2 nitrogen and oxygen atoms in total. The zero-order valence-electron chi connectivity index (χ0n) is 9.66. The summed E-state index contributed by atoms with van der Waals surface area (Å²) in [6.07, 6.45) is 5.42. The van der Waals surface area contributed by atoms with E-state index in [1.807, 2.05) is 18.4 Å². The van der Waals surface area contributed by atoms with Crippen molar-refractivity contribution in [3.05, 3.63) is 15.6 Å². The molecular formula is C12H18N2S2. The Bertz CT molecular complexity index is 365. The summed E-state index contributed by atoms with van der Waals surface area (Å²) in [5.41, 5.74) is 1.42. The second-order valence-corrected chi connectivity index (χ2v) is 7.09. The molecule has 0 spiro atoms. The van der Waals surface area contributed by atoms with Gasteiger partial charge in [-0.25, -0.2) is 4.98 Å². The van der Waals surface area contributed by atoms with Crippen LogP contribution in [-0.2, 0) is 6.54 Å². The van der Waals surface area contributed by atoms with Gasteiger partial charge in [0.05, 0.1) is 10.9 Å². The lowest BCUT2D eigenvalue weighted by Gasteiger charge is -2.01. The maximum atomic E-state index is 4.93. The fourth-order valence-electron chi connectivity index (χ4n) is 2.26. The number of rotatable bonds is 4. The van der Waals surface area contributed by atoms with E-state index in [4.69, 9.17) is 4.98 Å². The molecule has 2 fully saturated rings. The fraction of sp³-hybridized carbons (Fsp3) is 0.750. The highest BCUT2D eigenvalue weighted by Crippen LogP contribution is 2.47. The van der Waals surface area contributed by atoms with Crippen LogP contribution in [0.1, 0.15) is 52.4 Å². The molecule has 0 radical (unpaired) electrons. The Morgan fingerprint density at radius 2 is 2.25 bits per heavy atom. The molecule has 2 aliphatic rings. The van der Waals surface area contributed by atoms with Gasteiger partial charge in [-0.05, 0) is 38.5 Å². The van der Waals surface area contributed by atoms with Crippen LogP contribution in [0, 0.1) is 0 Å². The summed E-state index contributed by atoms with van der Waals surface area (Å²) in [4.78, 5) is 6.42. The van der Waals surface area contributed by atoms with Gasteiger partial charge in [0.1, 0.15) is 5.01 Å². The van der Waals surface area contributed by atoms with E-state index < -0.39 is 0 Å². The van der Waals surface area contributed by atoms with Crippen molar-refractivity contribution < 1.29 is 0 Å². The molecule has 2 heterocycles. The van der Waals surface area contributed by atoms with E-state index in [2.05, 4.69) is 17.1 Å². The zero-order valence-corrected chi connectivity index (χ0v) is 11.3. The first-order chi connectivity index (χ1) is 7.88. The average Bonchev–Trinajstić information content (AvgIpc) is 2.82. The van der Waals surface area contributed by atoms with Crippen molar-refractivity contribution in [1.29, 1.82) is 0 Å². The minimum absolute atomic E-state index is 0.702. The second-order valence-electron chi connectivity index (χ2n) is 4.67. The summed E-state index contributed by atoms with van der Waals surface area (Å²) >= 11 is 4.05. The maximum absolute atomic E-state index is 4.93. The van der Waals surface area contributed by atoms with Crippen LogP contribution in [0.15, 0.2) is 0 Å². The van der Waals surface area contributed by atoms with E-state index in [9.17, 15) is 0 Å². The molecule has 1 N–H and O–H groups in total. The number of thioether (sulfide) groups is 1. The molecule has 1 aromatic rings. The highest BCUT2D eigenvalue weighted by Gasteiger charge is 2.31. The van der Waals surface area contributed by atoms with E-state index in [1.165, 1.54) is 47.0 Å². The summed E-state index contributed by atoms with van der Waals surface area (Å²) in [5, 5.41) is 5.37. The molecule has 1 atom stereocenters. The van der Waals surface area contributed by atoms with Gasteiger partial charge in [-0.2, -0.15) is 11.8 Å². The molecule has 3 rings (SSSR count). The Morgan fingerprint density at radius 1 is 1.38 bits per heavy atom. The van der Waals surface area contributed by atoms with Gasteiger partial charge in [0.2, 0.25) is 0 Å². The van der Waals surface area contributed by atoms with Crippen LogP contribution in [0.4, 0.5) is 0 Å². The highest BCUT2D eigenvalue weighted by molar-refractivity contribution is 7.99. The fourth-order valence-corrected chi connectivity index (χ4v) is 4.93. The lowest BCUT2D eigenvalue weighted by Crippen LogP contribution is -2.05. The molecule has 1 aliphatic carbocycles. The quantitative estimate of drug-likeness (QED) is 0.892. The van der Waals surface area contributed by atoms with Gasteiger partial charge in [-0.15, -0.1) is 11.3 Å². The van der Waals surface area contributed by atoms with Gasteiger partial charge < -0.3 is 5.32 Å². The van der Waals surface area contributed by atoms with Gasteiger partial charge in [0.15, 0.2) is 0 Å². The molecule has 1 saturated carbocycles. The topological polar surface area (TPSA) is 24.9 Å². The predicted molar refractivity (Wildman–Crippen MR) is 71.3 cm³/mol. The van der Waals surface area contributed by atoms with Gasteiger partial charge in [-0.1, -0.05) is 0 Å². The number of nitrogens with zero attached hydrogens (tertiary/aromatic N) is 1. The van der Waals surface area contributed by atoms with Gasteiger partial charge >= 0.3 is 0 Å². The van der Waals surface area contributed by atoms with Crippen molar-refractivity contribution in [1.82, 2.24) is 10.3 Å². The van der Waals surface area contributed by atoms with Crippen LogP contribution in [0.3, 0.4) is 0 Å². The predicted octanol–water partition coefficient (Wildman–Crippen LogP) is 3.31. The number of hydrogen-bond acceptors (Lipinski definition) is 4.